The third-order valence-corrected chi connectivity index (χ3v) is 10.1. The molecule has 50 heavy (non-hydrogen) atoms. The van der Waals surface area contributed by atoms with E-state index in [4.69, 9.17) is 8.83 Å². The molecule has 234 valence electrons. The fourth-order valence-corrected chi connectivity index (χ4v) is 8.04. The molecule has 3 aromatic heterocycles. The van der Waals surface area contributed by atoms with Gasteiger partial charge in [0.05, 0.1) is 28.1 Å². The van der Waals surface area contributed by atoms with Gasteiger partial charge in [0.25, 0.3) is 0 Å². The van der Waals surface area contributed by atoms with Gasteiger partial charge in [0.15, 0.2) is 11.2 Å². The predicted octanol–water partition coefficient (Wildman–Crippen LogP) is 13.2. The van der Waals surface area contributed by atoms with Crippen molar-refractivity contribution in [1.29, 1.82) is 0 Å². The summed E-state index contributed by atoms with van der Waals surface area (Å²) in [4.78, 5) is 2.39. The number of hydrogen-bond acceptors (Lipinski definition) is 3. The first-order chi connectivity index (χ1) is 24.8. The lowest BCUT2D eigenvalue weighted by Crippen LogP contribution is -2.12. The highest BCUT2D eigenvalue weighted by atomic mass is 16.3. The Labute approximate surface area is 286 Å². The monoisotopic (exact) mass is 640 g/mol. The van der Waals surface area contributed by atoms with Crippen LogP contribution in [-0.2, 0) is 0 Å². The van der Waals surface area contributed by atoms with Crippen LogP contribution in [0.1, 0.15) is 0 Å². The predicted molar refractivity (Wildman–Crippen MR) is 208 cm³/mol. The van der Waals surface area contributed by atoms with E-state index in [1.54, 1.807) is 0 Å². The van der Waals surface area contributed by atoms with E-state index in [1.165, 1.54) is 5.39 Å². The summed E-state index contributed by atoms with van der Waals surface area (Å²) >= 11 is 0. The molecule has 0 spiro atoms. The zero-order valence-electron chi connectivity index (χ0n) is 26.9. The minimum absolute atomic E-state index is 0.828. The van der Waals surface area contributed by atoms with Gasteiger partial charge in [-0.05, 0) is 60.0 Å². The first-order valence-electron chi connectivity index (χ1n) is 16.9. The lowest BCUT2D eigenvalue weighted by atomic mass is 10.0. The van der Waals surface area contributed by atoms with Crippen LogP contribution >= 0.6 is 0 Å². The van der Waals surface area contributed by atoms with Gasteiger partial charge in [0.2, 0.25) is 0 Å². The smallest absolute Gasteiger partial charge is 0.160 e. The van der Waals surface area contributed by atoms with Gasteiger partial charge in [0.1, 0.15) is 11.2 Å². The SMILES string of the molecule is c1ccc(-n2c3ccccc3c3c(N(c4cccc5c4oc4ccccc45)c4c5ccccc5cc5c4oc4ccccc45)cccc32)cc1. The highest BCUT2D eigenvalue weighted by Crippen LogP contribution is 2.51. The molecule has 0 atom stereocenters. The Balaban J connectivity index is 1.35. The zero-order valence-corrected chi connectivity index (χ0v) is 26.9. The average molecular weight is 641 g/mol. The molecule has 0 bridgehead atoms. The summed E-state index contributed by atoms with van der Waals surface area (Å²) in [5.41, 5.74) is 9.74. The molecule has 8 aromatic carbocycles. The lowest BCUT2D eigenvalue weighted by molar-refractivity contribution is 0.666. The molecule has 0 saturated carbocycles. The van der Waals surface area contributed by atoms with Crippen LogP contribution in [0.5, 0.6) is 0 Å². The minimum Gasteiger partial charge on any atom is -0.454 e. The highest BCUT2D eigenvalue weighted by molar-refractivity contribution is 6.24. The van der Waals surface area contributed by atoms with Crippen molar-refractivity contribution in [2.75, 3.05) is 4.90 Å². The Hall–Kier alpha value is -6.78. The van der Waals surface area contributed by atoms with E-state index in [0.29, 0.717) is 0 Å². The topological polar surface area (TPSA) is 34.5 Å². The van der Waals surface area contributed by atoms with E-state index in [1.807, 2.05) is 18.2 Å². The highest BCUT2D eigenvalue weighted by Gasteiger charge is 2.28. The number of rotatable bonds is 4. The molecule has 11 rings (SSSR count). The molecule has 0 aliphatic carbocycles. The van der Waals surface area contributed by atoms with Crippen molar-refractivity contribution in [3.05, 3.63) is 170 Å². The van der Waals surface area contributed by atoms with Gasteiger partial charge in [-0.2, -0.15) is 0 Å². The van der Waals surface area contributed by atoms with Gasteiger partial charge in [-0.1, -0.05) is 115 Å². The Morgan fingerprint density at radius 1 is 0.400 bits per heavy atom. The summed E-state index contributed by atoms with van der Waals surface area (Å²) in [6.07, 6.45) is 0. The van der Waals surface area contributed by atoms with Crippen LogP contribution in [0.4, 0.5) is 17.1 Å². The van der Waals surface area contributed by atoms with Crippen molar-refractivity contribution >= 4 is 93.5 Å². The third-order valence-electron chi connectivity index (χ3n) is 10.1. The number of anilines is 3. The summed E-state index contributed by atoms with van der Waals surface area (Å²) < 4.78 is 16.0. The van der Waals surface area contributed by atoms with Crippen LogP contribution in [0.15, 0.2) is 179 Å². The number of furan rings is 2. The molecular formula is C46H28N2O2. The molecular weight excluding hydrogens is 613 g/mol. The van der Waals surface area contributed by atoms with Crippen LogP contribution in [0, 0.1) is 0 Å². The third kappa shape index (κ3) is 3.76. The maximum absolute atomic E-state index is 6.88. The molecule has 0 radical (unpaired) electrons. The molecule has 0 unspecified atom stereocenters. The Kier molecular flexibility index (Phi) is 5.63. The van der Waals surface area contributed by atoms with Crippen molar-refractivity contribution in [2.24, 2.45) is 0 Å². The molecule has 3 heterocycles. The van der Waals surface area contributed by atoms with Gasteiger partial charge in [-0.15, -0.1) is 0 Å². The maximum atomic E-state index is 6.88. The first kappa shape index (κ1) is 27.2. The normalized spacial score (nSPS) is 12.0. The second-order valence-electron chi connectivity index (χ2n) is 12.9. The van der Waals surface area contributed by atoms with Crippen LogP contribution in [0.25, 0.3) is 82.1 Å². The zero-order chi connectivity index (χ0) is 32.8. The minimum atomic E-state index is 0.828. The van der Waals surface area contributed by atoms with Crippen molar-refractivity contribution in [2.45, 2.75) is 0 Å². The molecule has 0 N–H and O–H groups in total. The summed E-state index contributed by atoms with van der Waals surface area (Å²) in [5.74, 6) is 0. The summed E-state index contributed by atoms with van der Waals surface area (Å²) in [6.45, 7) is 0. The van der Waals surface area contributed by atoms with Crippen LogP contribution in [0.2, 0.25) is 0 Å². The molecule has 0 saturated heterocycles. The van der Waals surface area contributed by atoms with Crippen molar-refractivity contribution in [3.8, 4) is 5.69 Å². The van der Waals surface area contributed by atoms with Gasteiger partial charge in [0, 0.05) is 43.4 Å². The molecule has 0 aliphatic rings. The van der Waals surface area contributed by atoms with Gasteiger partial charge in [-0.25, -0.2) is 0 Å². The largest absolute Gasteiger partial charge is 0.454 e. The van der Waals surface area contributed by atoms with Crippen molar-refractivity contribution in [1.82, 2.24) is 4.57 Å². The number of benzene rings is 8. The standard InChI is InChI=1S/C46H28N2O2/c1-2-15-30(16-3-1)47-37-22-9-6-20-35(37)43-38(47)23-13-24-39(43)48(40-25-12-21-34-32-18-7-10-26-41(32)49-45(34)40)44-31-17-5-4-14-29(31)28-36-33-19-8-11-27-42(33)50-46(36)44/h1-28H. The number of fused-ring (bicyclic) bond motifs is 10. The summed E-state index contributed by atoms with van der Waals surface area (Å²) in [6, 6.07) is 59.9. The summed E-state index contributed by atoms with van der Waals surface area (Å²) in [5, 5.41) is 8.89. The van der Waals surface area contributed by atoms with E-state index in [0.717, 1.165) is 93.8 Å². The van der Waals surface area contributed by atoms with Crippen LogP contribution in [-0.4, -0.2) is 4.57 Å². The molecule has 4 nitrogen and oxygen atoms in total. The number of aromatic nitrogens is 1. The summed E-state index contributed by atoms with van der Waals surface area (Å²) in [7, 11) is 0. The van der Waals surface area contributed by atoms with E-state index < -0.39 is 0 Å². The maximum Gasteiger partial charge on any atom is 0.160 e. The number of nitrogens with zero attached hydrogens (tertiary/aromatic N) is 2. The Bertz CT molecular complexity index is 3110. The quantitative estimate of drug-likeness (QED) is 0.192. The fraction of sp³-hybridized carbons (Fsp3) is 0. The molecule has 0 fully saturated rings. The van der Waals surface area contributed by atoms with Crippen molar-refractivity contribution < 1.29 is 8.83 Å². The molecule has 0 aliphatic heterocycles. The van der Waals surface area contributed by atoms with E-state index in [9.17, 15) is 0 Å². The van der Waals surface area contributed by atoms with Crippen LogP contribution in [0.3, 0.4) is 0 Å². The van der Waals surface area contributed by atoms with Gasteiger partial charge < -0.3 is 18.3 Å². The second kappa shape index (κ2) is 10.4. The lowest BCUT2D eigenvalue weighted by Gasteiger charge is -2.28. The average Bonchev–Trinajstić information content (AvgIpc) is 3.85. The van der Waals surface area contributed by atoms with E-state index in [-0.39, 0.29) is 0 Å². The Morgan fingerprint density at radius 2 is 0.980 bits per heavy atom. The second-order valence-corrected chi connectivity index (χ2v) is 12.9. The van der Waals surface area contributed by atoms with E-state index in [2.05, 4.69) is 161 Å². The van der Waals surface area contributed by atoms with Gasteiger partial charge >= 0.3 is 0 Å². The molecule has 11 aromatic rings. The van der Waals surface area contributed by atoms with Crippen molar-refractivity contribution in [3.63, 3.8) is 0 Å². The van der Waals surface area contributed by atoms with Gasteiger partial charge in [-0.3, -0.25) is 0 Å². The number of para-hydroxylation sites is 5. The molecule has 0 amide bonds. The van der Waals surface area contributed by atoms with E-state index >= 15 is 0 Å². The Morgan fingerprint density at radius 3 is 1.80 bits per heavy atom. The fourth-order valence-electron chi connectivity index (χ4n) is 8.04. The first-order valence-corrected chi connectivity index (χ1v) is 16.9. The number of hydrogen-bond donors (Lipinski definition) is 0. The molecule has 4 heteroatoms. The van der Waals surface area contributed by atoms with Crippen LogP contribution < -0.4 is 4.90 Å².